The predicted octanol–water partition coefficient (Wildman–Crippen LogP) is 1.51. The number of ether oxygens (including phenoxy) is 1. The molecule has 4 heteroatoms. The molecule has 1 rings (SSSR count). The average Bonchev–Trinajstić information content (AvgIpc) is 2.35. The van der Waals surface area contributed by atoms with Crippen molar-refractivity contribution in [3.05, 3.63) is 35.9 Å². The Hall–Kier alpha value is -1.86. The number of esters is 1. The predicted molar refractivity (Wildman–Crippen MR) is 57.6 cm³/mol. The molecular formula is C12H13NO3. The first-order valence-corrected chi connectivity index (χ1v) is 5.04. The number of rotatable bonds is 5. The van der Waals surface area contributed by atoms with Gasteiger partial charge in [-0.3, -0.25) is 0 Å². The molecule has 1 N–H and O–H groups in total. The van der Waals surface area contributed by atoms with E-state index < -0.39 is 6.10 Å². The van der Waals surface area contributed by atoms with Crippen LogP contribution in [0, 0.1) is 11.3 Å². The third kappa shape index (κ3) is 4.11. The van der Waals surface area contributed by atoms with E-state index in [0.717, 1.165) is 0 Å². The van der Waals surface area contributed by atoms with Gasteiger partial charge in [0, 0.05) is 0 Å². The lowest BCUT2D eigenvalue weighted by Gasteiger charge is -2.04. The van der Waals surface area contributed by atoms with Gasteiger partial charge < -0.3 is 9.84 Å². The minimum atomic E-state index is -0.976. The van der Waals surface area contributed by atoms with Gasteiger partial charge in [-0.2, -0.15) is 5.26 Å². The van der Waals surface area contributed by atoms with Crippen LogP contribution in [0.1, 0.15) is 23.2 Å². The largest absolute Gasteiger partial charge is 0.462 e. The number of nitriles is 1. The lowest BCUT2D eigenvalue weighted by Crippen LogP contribution is -2.09. The molecule has 0 aliphatic rings. The molecule has 0 fully saturated rings. The maximum absolute atomic E-state index is 11.4. The normalized spacial score (nSPS) is 11.5. The van der Waals surface area contributed by atoms with E-state index in [0.29, 0.717) is 18.4 Å². The van der Waals surface area contributed by atoms with Gasteiger partial charge in [-0.15, -0.1) is 0 Å². The van der Waals surface area contributed by atoms with Crippen molar-refractivity contribution >= 4 is 5.97 Å². The molecule has 0 saturated heterocycles. The van der Waals surface area contributed by atoms with Gasteiger partial charge in [0.15, 0.2) is 0 Å². The molecule has 0 unspecified atom stereocenters. The minimum absolute atomic E-state index is 0.215. The number of benzene rings is 1. The van der Waals surface area contributed by atoms with Gasteiger partial charge in [0.2, 0.25) is 0 Å². The van der Waals surface area contributed by atoms with Crippen molar-refractivity contribution < 1.29 is 14.6 Å². The molecule has 0 spiro atoms. The van der Waals surface area contributed by atoms with E-state index in [1.165, 1.54) is 0 Å². The molecule has 0 aliphatic heterocycles. The van der Waals surface area contributed by atoms with Crippen molar-refractivity contribution in [1.82, 2.24) is 0 Å². The maximum atomic E-state index is 11.4. The zero-order chi connectivity index (χ0) is 11.8. The van der Waals surface area contributed by atoms with Crippen LogP contribution < -0.4 is 0 Å². The first-order chi connectivity index (χ1) is 7.74. The summed E-state index contributed by atoms with van der Waals surface area (Å²) in [5.74, 6) is -0.382. The number of nitrogens with zero attached hydrogens (tertiary/aromatic N) is 1. The Kier molecular flexibility index (Phi) is 5.03. The van der Waals surface area contributed by atoms with Crippen LogP contribution in [0.15, 0.2) is 30.3 Å². The van der Waals surface area contributed by atoms with Crippen LogP contribution >= 0.6 is 0 Å². The summed E-state index contributed by atoms with van der Waals surface area (Å²) in [5.41, 5.74) is 0.503. The van der Waals surface area contributed by atoms with Gasteiger partial charge in [0.25, 0.3) is 0 Å². The smallest absolute Gasteiger partial charge is 0.338 e. The Morgan fingerprint density at radius 1 is 1.44 bits per heavy atom. The molecule has 0 aliphatic carbocycles. The van der Waals surface area contributed by atoms with Crippen molar-refractivity contribution in [3.8, 4) is 6.07 Å². The molecule has 84 valence electrons. The quantitative estimate of drug-likeness (QED) is 0.463. The van der Waals surface area contributed by atoms with E-state index in [-0.39, 0.29) is 12.6 Å². The third-order valence-electron chi connectivity index (χ3n) is 2.01. The Morgan fingerprint density at radius 2 is 2.12 bits per heavy atom. The van der Waals surface area contributed by atoms with E-state index in [2.05, 4.69) is 0 Å². The number of carbonyl (C=O) groups is 1. The van der Waals surface area contributed by atoms with Crippen LogP contribution in [0.3, 0.4) is 0 Å². The molecule has 1 aromatic carbocycles. The summed E-state index contributed by atoms with van der Waals surface area (Å²) in [6, 6.07) is 10.4. The molecule has 0 heterocycles. The SMILES string of the molecule is N#C[C@@H](O)CCCOC(=O)c1ccccc1. The standard InChI is InChI=1S/C12H13NO3/c13-9-11(14)7-4-8-16-12(15)10-5-2-1-3-6-10/h1-3,5-6,11,14H,4,7-8H2/t11-/m0/s1. The van der Waals surface area contributed by atoms with Crippen molar-refractivity contribution in [2.75, 3.05) is 6.61 Å². The first-order valence-electron chi connectivity index (χ1n) is 5.04. The van der Waals surface area contributed by atoms with Crippen molar-refractivity contribution in [2.24, 2.45) is 0 Å². The van der Waals surface area contributed by atoms with Crippen molar-refractivity contribution in [2.45, 2.75) is 18.9 Å². The maximum Gasteiger partial charge on any atom is 0.338 e. The summed E-state index contributed by atoms with van der Waals surface area (Å²) >= 11 is 0. The Labute approximate surface area is 94.1 Å². The van der Waals surface area contributed by atoms with Crippen LogP contribution in [0.5, 0.6) is 0 Å². The first kappa shape index (κ1) is 12.2. The molecule has 0 amide bonds. The molecule has 1 atom stereocenters. The molecule has 0 radical (unpaired) electrons. The van der Waals surface area contributed by atoms with E-state index in [9.17, 15) is 4.79 Å². The highest BCUT2D eigenvalue weighted by Gasteiger charge is 2.06. The Balaban J connectivity index is 2.24. The Bertz CT molecular complexity index is 370. The zero-order valence-corrected chi connectivity index (χ0v) is 8.80. The summed E-state index contributed by atoms with van der Waals surface area (Å²) in [6.45, 7) is 0.215. The molecule has 0 aromatic heterocycles. The fraction of sp³-hybridized carbons (Fsp3) is 0.333. The summed E-state index contributed by atoms with van der Waals surface area (Å²) in [4.78, 5) is 11.4. The lowest BCUT2D eigenvalue weighted by molar-refractivity contribution is 0.0486. The fourth-order valence-corrected chi connectivity index (χ4v) is 1.16. The monoisotopic (exact) mass is 219 g/mol. The third-order valence-corrected chi connectivity index (χ3v) is 2.01. The fourth-order valence-electron chi connectivity index (χ4n) is 1.16. The van der Waals surface area contributed by atoms with Gasteiger partial charge >= 0.3 is 5.97 Å². The summed E-state index contributed by atoms with van der Waals surface area (Å²) < 4.78 is 4.96. The highest BCUT2D eigenvalue weighted by atomic mass is 16.5. The van der Waals surface area contributed by atoms with Crippen molar-refractivity contribution in [1.29, 1.82) is 5.26 Å². The molecular weight excluding hydrogens is 206 g/mol. The number of hydrogen-bond donors (Lipinski definition) is 1. The topological polar surface area (TPSA) is 70.3 Å². The Morgan fingerprint density at radius 3 is 2.75 bits per heavy atom. The van der Waals surface area contributed by atoms with Gasteiger partial charge in [-0.1, -0.05) is 18.2 Å². The van der Waals surface area contributed by atoms with Crippen LogP contribution in [-0.2, 0) is 4.74 Å². The van der Waals surface area contributed by atoms with Crippen molar-refractivity contribution in [3.63, 3.8) is 0 Å². The minimum Gasteiger partial charge on any atom is -0.462 e. The van der Waals surface area contributed by atoms with E-state index >= 15 is 0 Å². The van der Waals surface area contributed by atoms with Gasteiger partial charge in [-0.25, -0.2) is 4.79 Å². The highest BCUT2D eigenvalue weighted by molar-refractivity contribution is 5.89. The summed E-state index contributed by atoms with van der Waals surface area (Å²) in [7, 11) is 0. The summed E-state index contributed by atoms with van der Waals surface area (Å²) in [5, 5.41) is 17.3. The van der Waals surface area contributed by atoms with Crippen LogP contribution in [0.25, 0.3) is 0 Å². The molecule has 16 heavy (non-hydrogen) atoms. The van der Waals surface area contributed by atoms with Gasteiger partial charge in [-0.05, 0) is 25.0 Å². The summed E-state index contributed by atoms with van der Waals surface area (Å²) in [6.07, 6.45) is -0.179. The molecule has 0 saturated carbocycles. The number of aliphatic hydroxyl groups is 1. The van der Waals surface area contributed by atoms with E-state index in [1.807, 2.05) is 6.07 Å². The average molecular weight is 219 g/mol. The van der Waals surface area contributed by atoms with Gasteiger partial charge in [0.05, 0.1) is 18.2 Å². The second kappa shape index (κ2) is 6.59. The van der Waals surface area contributed by atoms with E-state index in [1.54, 1.807) is 30.3 Å². The second-order valence-electron chi connectivity index (χ2n) is 3.29. The number of hydrogen-bond acceptors (Lipinski definition) is 4. The number of carbonyl (C=O) groups excluding carboxylic acids is 1. The van der Waals surface area contributed by atoms with Crippen LogP contribution in [-0.4, -0.2) is 23.8 Å². The lowest BCUT2D eigenvalue weighted by atomic mass is 10.2. The molecule has 4 nitrogen and oxygen atoms in total. The van der Waals surface area contributed by atoms with E-state index in [4.69, 9.17) is 15.1 Å². The van der Waals surface area contributed by atoms with Crippen LogP contribution in [0.4, 0.5) is 0 Å². The molecule has 0 bridgehead atoms. The highest BCUT2D eigenvalue weighted by Crippen LogP contribution is 2.03. The molecule has 1 aromatic rings. The van der Waals surface area contributed by atoms with Gasteiger partial charge in [0.1, 0.15) is 6.10 Å². The van der Waals surface area contributed by atoms with Crippen LogP contribution in [0.2, 0.25) is 0 Å². The number of aliphatic hydroxyl groups excluding tert-OH is 1. The second-order valence-corrected chi connectivity index (χ2v) is 3.29. The zero-order valence-electron chi connectivity index (χ0n) is 8.80.